The largest absolute Gasteiger partial charge is 0.312 e. The minimum atomic E-state index is 0.415. The van der Waals surface area contributed by atoms with Gasteiger partial charge in [-0.15, -0.1) is 0 Å². The number of anilines is 1. The second-order valence-corrected chi connectivity index (χ2v) is 6.28. The van der Waals surface area contributed by atoms with E-state index < -0.39 is 0 Å². The van der Waals surface area contributed by atoms with Crippen molar-refractivity contribution in [1.29, 1.82) is 0 Å². The third kappa shape index (κ3) is 1.77. The summed E-state index contributed by atoms with van der Waals surface area (Å²) in [6.45, 7) is 3.12. The van der Waals surface area contributed by atoms with Gasteiger partial charge in [0, 0.05) is 11.4 Å². The van der Waals surface area contributed by atoms with E-state index in [0.29, 0.717) is 6.04 Å². The van der Waals surface area contributed by atoms with E-state index >= 15 is 0 Å². The summed E-state index contributed by atoms with van der Waals surface area (Å²) in [5.74, 6) is 0. The molecule has 0 bridgehead atoms. The first kappa shape index (κ1) is 12.0. The van der Waals surface area contributed by atoms with Gasteiger partial charge < -0.3 is 4.90 Å². The van der Waals surface area contributed by atoms with Crippen LogP contribution in [-0.2, 0) is 0 Å². The Labute approximate surface area is 123 Å². The number of fused-ring (bicyclic) bond motifs is 3. The molecule has 2 aromatic rings. The molecule has 0 fully saturated rings. The van der Waals surface area contributed by atoms with Crippen LogP contribution in [0, 0.1) is 6.92 Å². The Bertz CT molecular complexity index is 679. The quantitative estimate of drug-likeness (QED) is 0.769. The smallest absolute Gasteiger partial charge is 0.169 e. The number of para-hydroxylation sites is 1. The van der Waals surface area contributed by atoms with Crippen molar-refractivity contribution >= 4 is 22.6 Å². The van der Waals surface area contributed by atoms with Gasteiger partial charge in [-0.1, -0.05) is 42.5 Å². The van der Waals surface area contributed by atoms with Gasteiger partial charge in [0.25, 0.3) is 0 Å². The van der Waals surface area contributed by atoms with Crippen LogP contribution in [0.5, 0.6) is 0 Å². The molecular formula is C17H16N2S. The second kappa shape index (κ2) is 4.67. The number of hydrogen-bond acceptors (Lipinski definition) is 3. The zero-order valence-corrected chi connectivity index (χ0v) is 12.2. The fraction of sp³-hybridized carbons (Fsp3) is 0.235. The highest BCUT2D eigenvalue weighted by Crippen LogP contribution is 2.48. The first-order chi connectivity index (χ1) is 9.84. The van der Waals surface area contributed by atoms with E-state index in [4.69, 9.17) is 4.99 Å². The summed E-state index contributed by atoms with van der Waals surface area (Å²) in [7, 11) is 0. The first-order valence-electron chi connectivity index (χ1n) is 7.01. The Morgan fingerprint density at radius 3 is 2.80 bits per heavy atom. The number of amidine groups is 1. The molecule has 0 spiro atoms. The van der Waals surface area contributed by atoms with E-state index in [1.165, 1.54) is 21.7 Å². The average Bonchev–Trinajstić information content (AvgIpc) is 2.88. The highest BCUT2D eigenvalue weighted by Gasteiger charge is 2.36. The number of benzene rings is 2. The van der Waals surface area contributed by atoms with Crippen molar-refractivity contribution in [2.75, 3.05) is 11.4 Å². The van der Waals surface area contributed by atoms with Crippen LogP contribution >= 0.6 is 11.8 Å². The van der Waals surface area contributed by atoms with Crippen LogP contribution < -0.4 is 4.90 Å². The van der Waals surface area contributed by atoms with E-state index in [1.54, 1.807) is 0 Å². The molecule has 2 heterocycles. The van der Waals surface area contributed by atoms with Gasteiger partial charge in [-0.05, 0) is 42.3 Å². The van der Waals surface area contributed by atoms with Crippen LogP contribution in [0.3, 0.4) is 0 Å². The molecule has 0 amide bonds. The second-order valence-electron chi connectivity index (χ2n) is 5.27. The normalized spacial score (nSPS) is 20.4. The molecule has 0 radical (unpaired) electrons. The van der Waals surface area contributed by atoms with Crippen LogP contribution in [0.25, 0.3) is 0 Å². The van der Waals surface area contributed by atoms with Crippen LogP contribution in [0.4, 0.5) is 5.69 Å². The third-order valence-electron chi connectivity index (χ3n) is 3.99. The monoisotopic (exact) mass is 280 g/mol. The molecular weight excluding hydrogens is 264 g/mol. The van der Waals surface area contributed by atoms with Crippen molar-refractivity contribution < 1.29 is 0 Å². The number of aliphatic imine (C=N–C) groups is 1. The number of hydrogen-bond donors (Lipinski definition) is 0. The van der Waals surface area contributed by atoms with Gasteiger partial charge in [0.05, 0.1) is 11.7 Å². The lowest BCUT2D eigenvalue weighted by molar-refractivity contribution is 0.630. The van der Waals surface area contributed by atoms with Crippen molar-refractivity contribution in [3.05, 3.63) is 59.7 Å². The zero-order chi connectivity index (χ0) is 13.5. The molecule has 100 valence electrons. The average molecular weight is 280 g/mol. The van der Waals surface area contributed by atoms with Gasteiger partial charge in [0.1, 0.15) is 0 Å². The maximum atomic E-state index is 4.73. The molecule has 0 N–H and O–H groups in total. The predicted molar refractivity (Wildman–Crippen MR) is 85.6 cm³/mol. The van der Waals surface area contributed by atoms with Crippen molar-refractivity contribution in [2.45, 2.75) is 24.3 Å². The summed E-state index contributed by atoms with van der Waals surface area (Å²) < 4.78 is 0. The highest BCUT2D eigenvalue weighted by molar-refractivity contribution is 8.14. The van der Waals surface area contributed by atoms with E-state index in [-0.39, 0.29) is 0 Å². The lowest BCUT2D eigenvalue weighted by Crippen LogP contribution is -2.34. The minimum absolute atomic E-state index is 0.415. The lowest BCUT2D eigenvalue weighted by atomic mass is 10.00. The molecule has 2 nitrogen and oxygen atoms in total. The molecule has 2 aliphatic heterocycles. The summed E-state index contributed by atoms with van der Waals surface area (Å²) in [5, 5.41) is 1.16. The molecule has 0 aliphatic carbocycles. The summed E-state index contributed by atoms with van der Waals surface area (Å²) >= 11 is 1.81. The van der Waals surface area contributed by atoms with Gasteiger partial charge in [-0.3, -0.25) is 4.99 Å². The maximum absolute atomic E-state index is 4.73. The number of aryl methyl sites for hydroxylation is 1. The fourth-order valence-corrected chi connectivity index (χ4v) is 4.24. The molecule has 0 saturated carbocycles. The maximum Gasteiger partial charge on any atom is 0.169 e. The summed E-state index contributed by atoms with van der Waals surface area (Å²) in [6.07, 6.45) is 1.09. The zero-order valence-electron chi connectivity index (χ0n) is 11.4. The summed E-state index contributed by atoms with van der Waals surface area (Å²) in [4.78, 5) is 8.51. The summed E-state index contributed by atoms with van der Waals surface area (Å²) in [6, 6.07) is 17.7. The molecule has 0 aromatic heterocycles. The van der Waals surface area contributed by atoms with Crippen molar-refractivity contribution in [1.82, 2.24) is 0 Å². The Hall–Kier alpha value is -1.74. The molecule has 0 saturated heterocycles. The van der Waals surface area contributed by atoms with Gasteiger partial charge in [0.15, 0.2) is 5.17 Å². The van der Waals surface area contributed by atoms with Crippen LogP contribution in [0.15, 0.2) is 58.4 Å². The van der Waals surface area contributed by atoms with Gasteiger partial charge in [-0.25, -0.2) is 0 Å². The third-order valence-corrected chi connectivity index (χ3v) is 5.05. The molecule has 2 aliphatic rings. The SMILES string of the molecule is Cc1cccc2c1N1C(=NCC[C@H]1c1ccccc1)S2. The Morgan fingerprint density at radius 2 is 1.95 bits per heavy atom. The van der Waals surface area contributed by atoms with Crippen LogP contribution in [-0.4, -0.2) is 11.7 Å². The number of rotatable bonds is 1. The first-order valence-corrected chi connectivity index (χ1v) is 7.82. The Kier molecular flexibility index (Phi) is 2.81. The van der Waals surface area contributed by atoms with Crippen LogP contribution in [0.2, 0.25) is 0 Å². The van der Waals surface area contributed by atoms with Gasteiger partial charge >= 0.3 is 0 Å². The van der Waals surface area contributed by atoms with E-state index in [0.717, 1.165) is 18.1 Å². The predicted octanol–water partition coefficient (Wildman–Crippen LogP) is 4.41. The Morgan fingerprint density at radius 1 is 1.10 bits per heavy atom. The lowest BCUT2D eigenvalue weighted by Gasteiger charge is -2.33. The van der Waals surface area contributed by atoms with Crippen molar-refractivity contribution in [3.8, 4) is 0 Å². The van der Waals surface area contributed by atoms with E-state index in [1.807, 2.05) is 11.8 Å². The molecule has 2 aromatic carbocycles. The van der Waals surface area contributed by atoms with Crippen molar-refractivity contribution in [2.24, 2.45) is 4.99 Å². The summed E-state index contributed by atoms with van der Waals surface area (Å²) in [5.41, 5.74) is 4.07. The molecule has 20 heavy (non-hydrogen) atoms. The fourth-order valence-electron chi connectivity index (χ4n) is 3.07. The molecule has 0 unspecified atom stereocenters. The van der Waals surface area contributed by atoms with E-state index in [2.05, 4.69) is 60.4 Å². The van der Waals surface area contributed by atoms with E-state index in [9.17, 15) is 0 Å². The topological polar surface area (TPSA) is 15.6 Å². The molecule has 4 rings (SSSR count). The standard InChI is InChI=1S/C17H16N2S/c1-12-6-5-9-15-16(12)19-14(10-11-18-17(19)20-15)13-7-3-2-4-8-13/h2-9,14H,10-11H2,1H3/t14-/m0/s1. The van der Waals surface area contributed by atoms with Crippen molar-refractivity contribution in [3.63, 3.8) is 0 Å². The number of nitrogens with zero attached hydrogens (tertiary/aromatic N) is 2. The van der Waals surface area contributed by atoms with Gasteiger partial charge in [-0.2, -0.15) is 0 Å². The Balaban J connectivity index is 1.85. The molecule has 1 atom stereocenters. The van der Waals surface area contributed by atoms with Gasteiger partial charge in [0.2, 0.25) is 0 Å². The minimum Gasteiger partial charge on any atom is -0.312 e. The number of thioether (sulfide) groups is 1. The van der Waals surface area contributed by atoms with Crippen LogP contribution in [0.1, 0.15) is 23.6 Å². The molecule has 3 heteroatoms. The highest BCUT2D eigenvalue weighted by atomic mass is 32.2.